The lowest BCUT2D eigenvalue weighted by atomic mass is 10.0. The van der Waals surface area contributed by atoms with Crippen LogP contribution in [0.4, 0.5) is 0 Å². The van der Waals surface area contributed by atoms with Crippen molar-refractivity contribution in [2.24, 2.45) is 11.7 Å². The summed E-state index contributed by atoms with van der Waals surface area (Å²) in [6.07, 6.45) is 1.90. The van der Waals surface area contributed by atoms with Crippen LogP contribution in [0.15, 0.2) is 65.1 Å². The molecule has 0 saturated carbocycles. The van der Waals surface area contributed by atoms with Gasteiger partial charge in [-0.2, -0.15) is 5.26 Å². The van der Waals surface area contributed by atoms with E-state index in [-0.39, 0.29) is 17.7 Å². The molecule has 1 heterocycles. The summed E-state index contributed by atoms with van der Waals surface area (Å²) in [4.78, 5) is 4.33. The maximum atomic E-state index is 9.59. The zero-order valence-corrected chi connectivity index (χ0v) is 16.9. The van der Waals surface area contributed by atoms with Crippen molar-refractivity contribution in [1.82, 2.24) is 4.98 Å². The minimum Gasteiger partial charge on any atom is -0.488 e. The molecule has 0 aliphatic carbocycles. The average Bonchev–Trinajstić information content (AvgIpc) is 3.17. The van der Waals surface area contributed by atoms with E-state index in [1.807, 2.05) is 81.4 Å². The van der Waals surface area contributed by atoms with Crippen LogP contribution in [0, 0.1) is 17.2 Å². The van der Waals surface area contributed by atoms with Crippen molar-refractivity contribution < 1.29 is 9.15 Å². The number of allylic oxidation sites excluding steroid dienone is 1. The highest BCUT2D eigenvalue weighted by Crippen LogP contribution is 2.34. The summed E-state index contributed by atoms with van der Waals surface area (Å²) in [5, 5.41) is 9.59. The number of ether oxygens (including phenoxy) is 1. The van der Waals surface area contributed by atoms with Crippen LogP contribution in [0.3, 0.4) is 0 Å². The summed E-state index contributed by atoms with van der Waals surface area (Å²) < 4.78 is 12.1. The predicted octanol–water partition coefficient (Wildman–Crippen LogP) is 5.23. The van der Waals surface area contributed by atoms with Crippen LogP contribution in [-0.4, -0.2) is 4.98 Å². The number of rotatable bonds is 7. The topological polar surface area (TPSA) is 85.1 Å². The second-order valence-corrected chi connectivity index (χ2v) is 7.08. The van der Waals surface area contributed by atoms with Crippen molar-refractivity contribution in [3.8, 4) is 11.8 Å². The number of para-hydroxylation sites is 1. The molecule has 3 aromatic rings. The summed E-state index contributed by atoms with van der Waals surface area (Å²) in [7, 11) is 0. The van der Waals surface area contributed by atoms with Gasteiger partial charge in [0, 0.05) is 11.1 Å². The number of aromatic nitrogens is 1. The molecule has 3 rings (SSSR count). The summed E-state index contributed by atoms with van der Waals surface area (Å²) in [5.74, 6) is 1.63. The van der Waals surface area contributed by atoms with E-state index in [0.717, 1.165) is 16.7 Å². The highest BCUT2D eigenvalue weighted by molar-refractivity contribution is 5.82. The van der Waals surface area contributed by atoms with E-state index >= 15 is 0 Å². The van der Waals surface area contributed by atoms with Crippen molar-refractivity contribution in [3.05, 3.63) is 89.1 Å². The number of nitrogens with zero attached hydrogens (tertiary/aromatic N) is 2. The Bertz CT molecular complexity index is 1030. The third-order valence-corrected chi connectivity index (χ3v) is 4.70. The van der Waals surface area contributed by atoms with Gasteiger partial charge in [-0.3, -0.25) is 0 Å². The van der Waals surface area contributed by atoms with Crippen LogP contribution in [0.2, 0.25) is 0 Å². The largest absolute Gasteiger partial charge is 0.488 e. The van der Waals surface area contributed by atoms with Crippen molar-refractivity contribution in [3.63, 3.8) is 0 Å². The Hall–Kier alpha value is -3.36. The van der Waals surface area contributed by atoms with Gasteiger partial charge in [-0.15, -0.1) is 0 Å². The number of benzene rings is 2. The Labute approximate surface area is 171 Å². The zero-order valence-electron chi connectivity index (χ0n) is 16.9. The Morgan fingerprint density at radius 2 is 1.86 bits per heavy atom. The fraction of sp³-hybridized carbons (Fsp3) is 0.250. The number of nitrogens with two attached hydrogens (primary N) is 1. The number of nitriles is 1. The van der Waals surface area contributed by atoms with Crippen LogP contribution in [-0.2, 0) is 6.61 Å². The van der Waals surface area contributed by atoms with Crippen LogP contribution in [0.1, 0.15) is 55.3 Å². The van der Waals surface area contributed by atoms with E-state index in [1.165, 1.54) is 0 Å². The molecule has 29 heavy (non-hydrogen) atoms. The second kappa shape index (κ2) is 9.22. The van der Waals surface area contributed by atoms with E-state index in [1.54, 1.807) is 0 Å². The standard InChI is InChI=1S/C24H25N3O2/c1-4-18(23-20(14-25)27-24(29-23)22(26)16(2)3)19-12-8-9-13-21(19)28-15-17-10-6-5-7-11-17/h4-13,16,22H,15,26H2,1-3H3/b18-4+/t22-/m0/s1. The highest BCUT2D eigenvalue weighted by Gasteiger charge is 2.24. The van der Waals surface area contributed by atoms with Crippen LogP contribution in [0.25, 0.3) is 5.57 Å². The first-order valence-electron chi connectivity index (χ1n) is 9.64. The minimum absolute atomic E-state index is 0.142. The van der Waals surface area contributed by atoms with Crippen LogP contribution < -0.4 is 10.5 Å². The van der Waals surface area contributed by atoms with Gasteiger partial charge in [-0.05, 0) is 24.5 Å². The molecule has 5 nitrogen and oxygen atoms in total. The Balaban J connectivity index is 1.96. The molecular formula is C24H25N3O2. The summed E-state index contributed by atoms with van der Waals surface area (Å²) in [6.45, 7) is 6.32. The van der Waals surface area contributed by atoms with Gasteiger partial charge < -0.3 is 14.9 Å². The SMILES string of the molecule is C/C=C(\c1ccccc1OCc1ccccc1)c1oc([C@@H](N)C(C)C)nc1C#N. The Kier molecular flexibility index (Phi) is 6.48. The van der Waals surface area contributed by atoms with Crippen molar-refractivity contribution >= 4 is 5.57 Å². The lowest BCUT2D eigenvalue weighted by Crippen LogP contribution is -2.16. The molecule has 0 saturated heterocycles. The van der Waals surface area contributed by atoms with Gasteiger partial charge in [0.1, 0.15) is 18.4 Å². The molecule has 0 amide bonds. The van der Waals surface area contributed by atoms with E-state index < -0.39 is 0 Å². The van der Waals surface area contributed by atoms with E-state index in [2.05, 4.69) is 11.1 Å². The van der Waals surface area contributed by atoms with Crippen LogP contribution >= 0.6 is 0 Å². The van der Waals surface area contributed by atoms with E-state index in [4.69, 9.17) is 14.9 Å². The molecule has 1 atom stereocenters. The summed E-state index contributed by atoms with van der Waals surface area (Å²) in [6, 6.07) is 19.4. The van der Waals surface area contributed by atoms with Gasteiger partial charge in [0.05, 0.1) is 6.04 Å². The third-order valence-electron chi connectivity index (χ3n) is 4.70. The van der Waals surface area contributed by atoms with E-state index in [0.29, 0.717) is 24.0 Å². The van der Waals surface area contributed by atoms with Crippen LogP contribution in [0.5, 0.6) is 5.75 Å². The molecular weight excluding hydrogens is 362 g/mol. The molecule has 0 spiro atoms. The van der Waals surface area contributed by atoms with Gasteiger partial charge in [-0.25, -0.2) is 4.98 Å². The molecule has 0 aliphatic heterocycles. The molecule has 0 unspecified atom stereocenters. The van der Waals surface area contributed by atoms with Gasteiger partial charge in [0.25, 0.3) is 0 Å². The Morgan fingerprint density at radius 3 is 2.52 bits per heavy atom. The zero-order chi connectivity index (χ0) is 20.8. The lowest BCUT2D eigenvalue weighted by Gasteiger charge is -2.13. The highest BCUT2D eigenvalue weighted by atomic mass is 16.5. The molecule has 5 heteroatoms. The fourth-order valence-corrected chi connectivity index (χ4v) is 2.98. The summed E-state index contributed by atoms with van der Waals surface area (Å²) in [5.41, 5.74) is 9.07. The number of hydrogen-bond donors (Lipinski definition) is 1. The van der Waals surface area contributed by atoms with Crippen molar-refractivity contribution in [1.29, 1.82) is 5.26 Å². The first kappa shape index (κ1) is 20.4. The normalized spacial score (nSPS) is 12.6. The smallest absolute Gasteiger partial charge is 0.213 e. The van der Waals surface area contributed by atoms with E-state index in [9.17, 15) is 5.26 Å². The molecule has 148 valence electrons. The molecule has 2 aromatic carbocycles. The molecule has 2 N–H and O–H groups in total. The lowest BCUT2D eigenvalue weighted by molar-refractivity contribution is 0.305. The minimum atomic E-state index is -0.376. The fourth-order valence-electron chi connectivity index (χ4n) is 2.98. The molecule has 0 radical (unpaired) electrons. The van der Waals surface area contributed by atoms with Gasteiger partial charge in [0.2, 0.25) is 5.89 Å². The third kappa shape index (κ3) is 4.56. The van der Waals surface area contributed by atoms with Gasteiger partial charge in [0.15, 0.2) is 11.5 Å². The molecule has 0 bridgehead atoms. The molecule has 0 aliphatic rings. The molecule has 0 fully saturated rings. The first-order valence-corrected chi connectivity index (χ1v) is 9.64. The molecule has 1 aromatic heterocycles. The monoisotopic (exact) mass is 387 g/mol. The van der Waals surface area contributed by atoms with Gasteiger partial charge in [-0.1, -0.05) is 68.5 Å². The number of hydrogen-bond acceptors (Lipinski definition) is 5. The Morgan fingerprint density at radius 1 is 1.17 bits per heavy atom. The maximum absolute atomic E-state index is 9.59. The van der Waals surface area contributed by atoms with Crippen molar-refractivity contribution in [2.45, 2.75) is 33.4 Å². The first-order chi connectivity index (χ1) is 14.0. The summed E-state index contributed by atoms with van der Waals surface area (Å²) >= 11 is 0. The number of oxazole rings is 1. The average molecular weight is 387 g/mol. The predicted molar refractivity (Wildman–Crippen MR) is 113 cm³/mol. The van der Waals surface area contributed by atoms with Gasteiger partial charge >= 0.3 is 0 Å². The maximum Gasteiger partial charge on any atom is 0.213 e. The quantitative estimate of drug-likeness (QED) is 0.600. The second-order valence-electron chi connectivity index (χ2n) is 7.08. The van der Waals surface area contributed by atoms with Crippen molar-refractivity contribution in [2.75, 3.05) is 0 Å².